The molecule has 1 aliphatic rings. The van der Waals surface area contributed by atoms with E-state index in [9.17, 15) is 13.2 Å². The van der Waals surface area contributed by atoms with Gasteiger partial charge in [0.05, 0.1) is 5.56 Å². The molecule has 0 aliphatic carbocycles. The van der Waals surface area contributed by atoms with Gasteiger partial charge in [0.15, 0.2) is 14.1 Å². The molecule has 2 heterocycles. The molecule has 1 aromatic carbocycles. The van der Waals surface area contributed by atoms with E-state index < -0.39 is 14.7 Å². The SMILES string of the molecule is CC1(CO[Si](C)(C)C(C)(C)C)Cc2nnc(-c3ccccc3OC(F)(F)F)n2CCS1. The lowest BCUT2D eigenvalue weighted by Gasteiger charge is -2.39. The minimum absolute atomic E-state index is 0.119. The molecule has 1 atom stereocenters. The van der Waals surface area contributed by atoms with Crippen LogP contribution < -0.4 is 4.74 Å². The van der Waals surface area contributed by atoms with Crippen LogP contribution in [0.15, 0.2) is 24.3 Å². The first-order valence-electron chi connectivity index (χ1n) is 10.3. The molecule has 2 aromatic rings. The van der Waals surface area contributed by atoms with Crippen molar-refractivity contribution in [3.8, 4) is 17.1 Å². The highest BCUT2D eigenvalue weighted by atomic mass is 32.2. The van der Waals surface area contributed by atoms with E-state index in [1.165, 1.54) is 12.1 Å². The number of fused-ring (bicyclic) bond motifs is 1. The zero-order valence-corrected chi connectivity index (χ0v) is 20.7. The molecule has 0 spiro atoms. The number of thioether (sulfide) groups is 1. The molecule has 0 N–H and O–H groups in total. The third-order valence-electron chi connectivity index (χ3n) is 6.02. The van der Waals surface area contributed by atoms with Gasteiger partial charge in [-0.2, -0.15) is 11.8 Å². The van der Waals surface area contributed by atoms with E-state index in [0.717, 1.165) is 11.6 Å². The molecular formula is C21H30F3N3O2SSi. The highest BCUT2D eigenvalue weighted by Crippen LogP contribution is 2.40. The zero-order valence-electron chi connectivity index (χ0n) is 18.8. The molecule has 0 radical (unpaired) electrons. The summed E-state index contributed by atoms with van der Waals surface area (Å²) in [6, 6.07) is 6.06. The molecule has 0 saturated carbocycles. The number of para-hydroxylation sites is 1. The maximum atomic E-state index is 12.9. The van der Waals surface area contributed by atoms with E-state index in [1.807, 2.05) is 16.3 Å². The normalized spacial score (nSPS) is 20.3. The van der Waals surface area contributed by atoms with Gasteiger partial charge in [-0.1, -0.05) is 32.9 Å². The number of benzene rings is 1. The quantitative estimate of drug-likeness (QED) is 0.505. The van der Waals surface area contributed by atoms with Gasteiger partial charge in [0, 0.05) is 30.1 Å². The van der Waals surface area contributed by atoms with Crippen molar-refractivity contribution in [3.63, 3.8) is 0 Å². The number of alkyl halides is 3. The smallest absolute Gasteiger partial charge is 0.415 e. The molecule has 1 aliphatic heterocycles. The van der Waals surface area contributed by atoms with Crippen molar-refractivity contribution in [2.24, 2.45) is 0 Å². The van der Waals surface area contributed by atoms with Crippen molar-refractivity contribution in [3.05, 3.63) is 30.1 Å². The fourth-order valence-electron chi connectivity index (χ4n) is 3.18. The first-order valence-corrected chi connectivity index (χ1v) is 14.2. The number of ether oxygens (including phenoxy) is 1. The standard InChI is InChI=1S/C21H30F3N3O2SSi/c1-19(2,3)31(5,6)28-14-20(4)13-17-25-26-18(27(17)11-12-30-20)15-9-7-8-10-16(15)29-21(22,23)24/h7-10H,11-14H2,1-6H3. The molecule has 172 valence electrons. The third-order valence-corrected chi connectivity index (χ3v) is 11.8. The Kier molecular flexibility index (Phi) is 6.57. The molecule has 5 nitrogen and oxygen atoms in total. The summed E-state index contributed by atoms with van der Waals surface area (Å²) in [7, 11) is -1.90. The van der Waals surface area contributed by atoms with Crippen LogP contribution in [0.2, 0.25) is 18.1 Å². The summed E-state index contributed by atoms with van der Waals surface area (Å²) in [4.78, 5) is 0. The Bertz CT molecular complexity index is 927. The first-order chi connectivity index (χ1) is 14.2. The minimum atomic E-state index is -4.77. The van der Waals surface area contributed by atoms with Gasteiger partial charge in [0.1, 0.15) is 11.6 Å². The average molecular weight is 474 g/mol. The second-order valence-corrected chi connectivity index (χ2v) is 16.2. The van der Waals surface area contributed by atoms with E-state index in [4.69, 9.17) is 4.43 Å². The summed E-state index contributed by atoms with van der Waals surface area (Å²) in [6.45, 7) is 14.5. The van der Waals surface area contributed by atoms with Gasteiger partial charge in [-0.25, -0.2) is 0 Å². The van der Waals surface area contributed by atoms with Crippen molar-refractivity contribution in [1.29, 1.82) is 0 Å². The molecule has 0 amide bonds. The summed E-state index contributed by atoms with van der Waals surface area (Å²) >= 11 is 1.81. The zero-order chi connectivity index (χ0) is 23.1. The predicted molar refractivity (Wildman–Crippen MR) is 120 cm³/mol. The molecule has 10 heteroatoms. The number of hydrogen-bond donors (Lipinski definition) is 0. The number of nitrogens with zero attached hydrogens (tertiary/aromatic N) is 3. The Morgan fingerprint density at radius 2 is 1.84 bits per heavy atom. The molecule has 0 bridgehead atoms. The van der Waals surface area contributed by atoms with Gasteiger partial charge >= 0.3 is 6.36 Å². The van der Waals surface area contributed by atoms with Gasteiger partial charge in [-0.05, 0) is 37.2 Å². The topological polar surface area (TPSA) is 49.2 Å². The Morgan fingerprint density at radius 1 is 1.16 bits per heavy atom. The van der Waals surface area contributed by atoms with Crippen LogP contribution in [0.25, 0.3) is 11.4 Å². The van der Waals surface area contributed by atoms with E-state index in [1.54, 1.807) is 12.1 Å². The second kappa shape index (κ2) is 8.44. The van der Waals surface area contributed by atoms with Crippen LogP contribution in [0.3, 0.4) is 0 Å². The Hall–Kier alpha value is -1.52. The lowest BCUT2D eigenvalue weighted by molar-refractivity contribution is -0.274. The van der Waals surface area contributed by atoms with Crippen molar-refractivity contribution < 1.29 is 22.3 Å². The van der Waals surface area contributed by atoms with E-state index in [-0.39, 0.29) is 21.1 Å². The van der Waals surface area contributed by atoms with Crippen molar-refractivity contribution >= 4 is 20.1 Å². The van der Waals surface area contributed by atoms with Crippen molar-refractivity contribution in [1.82, 2.24) is 14.8 Å². The largest absolute Gasteiger partial charge is 0.573 e. The van der Waals surface area contributed by atoms with Crippen LogP contribution in [0.1, 0.15) is 33.5 Å². The highest BCUT2D eigenvalue weighted by molar-refractivity contribution is 8.00. The molecule has 0 fully saturated rings. The van der Waals surface area contributed by atoms with Gasteiger partial charge in [0.25, 0.3) is 0 Å². The van der Waals surface area contributed by atoms with Crippen LogP contribution in [0, 0.1) is 0 Å². The summed E-state index contributed by atoms with van der Waals surface area (Å²) in [5.41, 5.74) is 0.282. The van der Waals surface area contributed by atoms with Gasteiger partial charge in [0.2, 0.25) is 0 Å². The fourth-order valence-corrected chi connectivity index (χ4v) is 5.53. The lowest BCUT2D eigenvalue weighted by Crippen LogP contribution is -2.45. The third kappa shape index (κ3) is 5.64. The van der Waals surface area contributed by atoms with Crippen molar-refractivity contribution in [2.45, 2.75) is 69.9 Å². The van der Waals surface area contributed by atoms with Crippen LogP contribution in [0.5, 0.6) is 5.75 Å². The molecule has 3 rings (SSSR count). The summed E-state index contributed by atoms with van der Waals surface area (Å²) in [5.74, 6) is 1.66. The van der Waals surface area contributed by atoms with Gasteiger partial charge < -0.3 is 13.7 Å². The summed E-state index contributed by atoms with van der Waals surface area (Å²) in [5, 5.41) is 8.70. The number of hydrogen-bond acceptors (Lipinski definition) is 5. The Balaban J connectivity index is 1.86. The molecule has 1 unspecified atom stereocenters. The van der Waals surface area contributed by atoms with Crippen LogP contribution in [0.4, 0.5) is 13.2 Å². The monoisotopic (exact) mass is 473 g/mol. The van der Waals surface area contributed by atoms with E-state index in [0.29, 0.717) is 25.4 Å². The van der Waals surface area contributed by atoms with E-state index >= 15 is 0 Å². The number of rotatable bonds is 5. The van der Waals surface area contributed by atoms with Crippen LogP contribution >= 0.6 is 11.8 Å². The van der Waals surface area contributed by atoms with Crippen LogP contribution in [-0.2, 0) is 17.4 Å². The van der Waals surface area contributed by atoms with Crippen LogP contribution in [-0.4, -0.2) is 46.6 Å². The van der Waals surface area contributed by atoms with Gasteiger partial charge in [-0.3, -0.25) is 0 Å². The second-order valence-electron chi connectivity index (χ2n) is 9.66. The first kappa shape index (κ1) is 24.1. The molecule has 0 saturated heterocycles. The molecule has 31 heavy (non-hydrogen) atoms. The Morgan fingerprint density at radius 3 is 2.48 bits per heavy atom. The maximum Gasteiger partial charge on any atom is 0.573 e. The number of aromatic nitrogens is 3. The van der Waals surface area contributed by atoms with Gasteiger partial charge in [-0.15, -0.1) is 23.4 Å². The van der Waals surface area contributed by atoms with Crippen molar-refractivity contribution in [2.75, 3.05) is 12.4 Å². The average Bonchev–Trinajstić information content (AvgIpc) is 2.92. The Labute approximate surface area is 186 Å². The molecule has 1 aromatic heterocycles. The number of halogens is 3. The highest BCUT2D eigenvalue weighted by Gasteiger charge is 2.41. The summed E-state index contributed by atoms with van der Waals surface area (Å²) < 4.78 is 51.0. The predicted octanol–water partition coefficient (Wildman–Crippen LogP) is 5.91. The van der Waals surface area contributed by atoms with E-state index in [2.05, 4.69) is 55.7 Å². The maximum absolute atomic E-state index is 12.9. The molecular weight excluding hydrogens is 443 g/mol. The minimum Gasteiger partial charge on any atom is -0.415 e. The lowest BCUT2D eigenvalue weighted by atomic mass is 10.1. The summed E-state index contributed by atoms with van der Waals surface area (Å²) in [6.07, 6.45) is -4.14. The fraction of sp³-hybridized carbons (Fsp3) is 0.619.